The minimum absolute atomic E-state index is 0. The van der Waals surface area contributed by atoms with E-state index in [0.29, 0.717) is 35.8 Å². The van der Waals surface area contributed by atoms with Gasteiger partial charge in [-0.1, -0.05) is 0 Å². The summed E-state index contributed by atoms with van der Waals surface area (Å²) in [6.07, 6.45) is 1.15. The number of nitrogens with zero attached hydrogens (tertiary/aromatic N) is 4. The summed E-state index contributed by atoms with van der Waals surface area (Å²) in [4.78, 5) is 12.7. The Bertz CT molecular complexity index is 1390. The van der Waals surface area contributed by atoms with E-state index in [1.54, 1.807) is 24.3 Å². The van der Waals surface area contributed by atoms with Crippen molar-refractivity contribution in [2.75, 3.05) is 31.8 Å². The van der Waals surface area contributed by atoms with Crippen LogP contribution in [0.2, 0.25) is 0 Å². The summed E-state index contributed by atoms with van der Waals surface area (Å²) < 4.78 is 48.9. The molecule has 0 amide bonds. The molecule has 36 heavy (non-hydrogen) atoms. The molecule has 1 fully saturated rings. The lowest BCUT2D eigenvalue weighted by molar-refractivity contribution is 0.0729. The van der Waals surface area contributed by atoms with Crippen LogP contribution in [0.4, 0.5) is 16.0 Å². The van der Waals surface area contributed by atoms with E-state index in [1.807, 2.05) is 0 Å². The zero-order chi connectivity index (χ0) is 25.0. The number of anilines is 2. The topological polar surface area (TPSA) is 139 Å². The van der Waals surface area contributed by atoms with Crippen LogP contribution in [0.1, 0.15) is 12.0 Å². The van der Waals surface area contributed by atoms with Gasteiger partial charge in [0.15, 0.2) is 15.7 Å². The molecule has 0 aliphatic carbocycles. The quantitative estimate of drug-likeness (QED) is 0.464. The van der Waals surface area contributed by atoms with Crippen molar-refractivity contribution < 1.29 is 22.3 Å². The molecule has 3 aromatic rings. The van der Waals surface area contributed by atoms with Crippen molar-refractivity contribution in [1.29, 1.82) is 5.26 Å². The van der Waals surface area contributed by atoms with Crippen LogP contribution in [-0.4, -0.2) is 62.1 Å². The summed E-state index contributed by atoms with van der Waals surface area (Å²) in [6, 6.07) is 11.5. The van der Waals surface area contributed by atoms with Crippen LogP contribution < -0.4 is 20.1 Å². The third kappa shape index (κ3) is 6.17. The predicted molar refractivity (Wildman–Crippen MR) is 133 cm³/mol. The standard InChI is InChI=1S/C23H23FN6O4S.ClH/c1-33-20-10-16(4-6-21(20)35(2,31)32)29-23-28-13-27-22(30-23)14-3-5-18(15(9-14)11-25)34-19-7-8-26-12-17(19)24;/h3-6,9-10,13,17,19,26H,7-8,12H2,1-2H3,(H,27,28,29,30);1H/t17-,19+;/m1./s1. The van der Waals surface area contributed by atoms with Crippen molar-refractivity contribution in [2.24, 2.45) is 0 Å². The SMILES string of the molecule is COc1cc(Nc2ncnc(-c3ccc(O[C@H]4CCNC[C@H]4F)c(C#N)c3)n2)ccc1S(C)(=O)=O.Cl. The average Bonchev–Trinajstić information content (AvgIpc) is 2.85. The minimum atomic E-state index is -3.46. The smallest absolute Gasteiger partial charge is 0.230 e. The molecule has 2 aromatic carbocycles. The number of sulfone groups is 1. The van der Waals surface area contributed by atoms with Gasteiger partial charge in [-0.2, -0.15) is 10.2 Å². The fourth-order valence-corrected chi connectivity index (χ4v) is 4.45. The number of nitrogens with one attached hydrogen (secondary N) is 2. The van der Waals surface area contributed by atoms with Crippen molar-refractivity contribution >= 4 is 33.9 Å². The van der Waals surface area contributed by atoms with Gasteiger partial charge in [-0.3, -0.25) is 0 Å². The zero-order valence-electron chi connectivity index (χ0n) is 19.4. The van der Waals surface area contributed by atoms with Crippen LogP contribution >= 0.6 is 12.4 Å². The maximum Gasteiger partial charge on any atom is 0.230 e. The number of nitriles is 1. The van der Waals surface area contributed by atoms with Gasteiger partial charge >= 0.3 is 0 Å². The third-order valence-electron chi connectivity index (χ3n) is 5.38. The van der Waals surface area contributed by atoms with E-state index in [-0.39, 0.29) is 41.1 Å². The van der Waals surface area contributed by atoms with Crippen LogP contribution in [-0.2, 0) is 9.84 Å². The van der Waals surface area contributed by atoms with Crippen molar-refractivity contribution in [3.8, 4) is 29.0 Å². The van der Waals surface area contributed by atoms with Crippen molar-refractivity contribution in [3.63, 3.8) is 0 Å². The fraction of sp³-hybridized carbons (Fsp3) is 0.304. The molecular weight excluding hydrogens is 511 g/mol. The Morgan fingerprint density at radius 3 is 2.69 bits per heavy atom. The van der Waals surface area contributed by atoms with E-state index in [2.05, 4.69) is 31.7 Å². The number of halogens is 2. The van der Waals surface area contributed by atoms with E-state index in [1.165, 1.54) is 25.6 Å². The molecule has 2 atom stereocenters. The highest BCUT2D eigenvalue weighted by Gasteiger charge is 2.27. The molecular formula is C23H24ClFN6O4S. The number of ether oxygens (including phenoxy) is 2. The van der Waals surface area contributed by atoms with Crippen molar-refractivity contribution in [2.45, 2.75) is 23.6 Å². The second-order valence-electron chi connectivity index (χ2n) is 7.88. The van der Waals surface area contributed by atoms with Crippen molar-refractivity contribution in [3.05, 3.63) is 48.3 Å². The number of hydrogen-bond donors (Lipinski definition) is 2. The van der Waals surface area contributed by atoms with E-state index in [4.69, 9.17) is 9.47 Å². The number of piperidine rings is 1. The Labute approximate surface area is 214 Å². The molecule has 1 aliphatic heterocycles. The molecule has 0 radical (unpaired) electrons. The zero-order valence-corrected chi connectivity index (χ0v) is 21.1. The number of methoxy groups -OCH3 is 1. The Kier molecular flexibility index (Phi) is 8.62. The van der Waals surface area contributed by atoms with Gasteiger partial charge in [-0.05, 0) is 43.3 Å². The van der Waals surface area contributed by atoms with Gasteiger partial charge in [-0.15, -0.1) is 12.4 Å². The highest BCUT2D eigenvalue weighted by Crippen LogP contribution is 2.30. The van der Waals surface area contributed by atoms with Gasteiger partial charge in [0.05, 0.1) is 12.7 Å². The van der Waals surface area contributed by atoms with E-state index >= 15 is 0 Å². The summed E-state index contributed by atoms with van der Waals surface area (Å²) >= 11 is 0. The monoisotopic (exact) mass is 534 g/mol. The number of rotatable bonds is 7. The lowest BCUT2D eigenvalue weighted by Crippen LogP contribution is -2.44. The largest absolute Gasteiger partial charge is 0.495 e. The maximum atomic E-state index is 14.1. The Morgan fingerprint density at radius 1 is 1.19 bits per heavy atom. The first-order valence-corrected chi connectivity index (χ1v) is 12.6. The highest BCUT2D eigenvalue weighted by atomic mass is 35.5. The number of alkyl halides is 1. The molecule has 0 unspecified atom stereocenters. The highest BCUT2D eigenvalue weighted by molar-refractivity contribution is 7.90. The van der Waals surface area contributed by atoms with E-state index < -0.39 is 22.1 Å². The van der Waals surface area contributed by atoms with Crippen LogP contribution in [0.3, 0.4) is 0 Å². The minimum Gasteiger partial charge on any atom is -0.495 e. The van der Waals surface area contributed by atoms with Crippen LogP contribution in [0.15, 0.2) is 47.6 Å². The summed E-state index contributed by atoms with van der Waals surface area (Å²) in [7, 11) is -2.07. The van der Waals surface area contributed by atoms with Gasteiger partial charge in [-0.25, -0.2) is 22.8 Å². The average molecular weight is 535 g/mol. The van der Waals surface area contributed by atoms with Crippen LogP contribution in [0, 0.1) is 11.3 Å². The summed E-state index contributed by atoms with van der Waals surface area (Å²) in [6.45, 7) is 0.864. The second-order valence-corrected chi connectivity index (χ2v) is 9.87. The maximum absolute atomic E-state index is 14.1. The predicted octanol–water partition coefficient (Wildman–Crippen LogP) is 3.07. The number of aromatic nitrogens is 3. The van der Waals surface area contributed by atoms with Gasteiger partial charge in [0.2, 0.25) is 5.95 Å². The molecule has 13 heteroatoms. The Balaban J connectivity index is 0.00000361. The fourth-order valence-electron chi connectivity index (χ4n) is 3.63. The molecule has 0 spiro atoms. The molecule has 1 saturated heterocycles. The lowest BCUT2D eigenvalue weighted by atomic mass is 10.1. The molecule has 0 saturated carbocycles. The first kappa shape index (κ1) is 27.1. The van der Waals surface area contributed by atoms with Crippen LogP contribution in [0.25, 0.3) is 11.4 Å². The van der Waals surface area contributed by atoms with Gasteiger partial charge in [0.1, 0.15) is 41.1 Å². The second kappa shape index (κ2) is 11.5. The molecule has 1 aliphatic rings. The molecule has 0 bridgehead atoms. The summed E-state index contributed by atoms with van der Waals surface area (Å²) in [5.41, 5.74) is 1.30. The Hall–Kier alpha value is -3.53. The third-order valence-corrected chi connectivity index (χ3v) is 6.51. The van der Waals surface area contributed by atoms with E-state index in [9.17, 15) is 18.1 Å². The summed E-state index contributed by atoms with van der Waals surface area (Å²) in [5, 5.41) is 15.6. The van der Waals surface area contributed by atoms with E-state index in [0.717, 1.165) is 6.26 Å². The van der Waals surface area contributed by atoms with Crippen molar-refractivity contribution in [1.82, 2.24) is 20.3 Å². The van der Waals surface area contributed by atoms with Gasteiger partial charge in [0, 0.05) is 30.1 Å². The number of benzene rings is 2. The normalized spacial score (nSPS) is 17.4. The van der Waals surface area contributed by atoms with Gasteiger partial charge < -0.3 is 20.1 Å². The summed E-state index contributed by atoms with van der Waals surface area (Å²) in [5.74, 6) is 0.995. The first-order valence-electron chi connectivity index (χ1n) is 10.7. The molecule has 190 valence electrons. The number of hydrogen-bond acceptors (Lipinski definition) is 10. The Morgan fingerprint density at radius 2 is 2.00 bits per heavy atom. The molecule has 1 aromatic heterocycles. The molecule has 2 heterocycles. The molecule has 2 N–H and O–H groups in total. The van der Waals surface area contributed by atoms with Gasteiger partial charge in [0.25, 0.3) is 0 Å². The van der Waals surface area contributed by atoms with Crippen LogP contribution in [0.5, 0.6) is 11.5 Å². The molecule has 4 rings (SSSR count). The first-order chi connectivity index (χ1) is 16.8. The lowest BCUT2D eigenvalue weighted by Gasteiger charge is -2.27. The molecule has 10 nitrogen and oxygen atoms in total.